The SMILES string of the molecule is CCOc1cc(NCCSC(F)(F)F)nc(C)n1. The number of anilines is 1. The van der Waals surface area contributed by atoms with Gasteiger partial charge in [-0.15, -0.1) is 0 Å². The average molecular weight is 281 g/mol. The number of hydrogen-bond acceptors (Lipinski definition) is 5. The fourth-order valence-electron chi connectivity index (χ4n) is 1.20. The van der Waals surface area contributed by atoms with Crippen molar-refractivity contribution in [3.63, 3.8) is 0 Å². The van der Waals surface area contributed by atoms with Gasteiger partial charge in [-0.1, -0.05) is 0 Å². The van der Waals surface area contributed by atoms with Crippen LogP contribution in [-0.2, 0) is 0 Å². The highest BCUT2D eigenvalue weighted by molar-refractivity contribution is 8.00. The predicted molar refractivity (Wildman–Crippen MR) is 64.9 cm³/mol. The Bertz CT molecular complexity index is 387. The molecule has 0 radical (unpaired) electrons. The molecule has 1 N–H and O–H groups in total. The molecule has 0 spiro atoms. The van der Waals surface area contributed by atoms with Gasteiger partial charge in [-0.05, 0) is 25.6 Å². The molecule has 0 saturated heterocycles. The van der Waals surface area contributed by atoms with Crippen molar-refractivity contribution in [1.82, 2.24) is 9.97 Å². The number of nitrogens with zero attached hydrogens (tertiary/aromatic N) is 2. The van der Waals surface area contributed by atoms with Gasteiger partial charge in [-0.25, -0.2) is 4.98 Å². The molecule has 0 saturated carbocycles. The molecule has 0 aliphatic heterocycles. The van der Waals surface area contributed by atoms with Crippen LogP contribution >= 0.6 is 11.8 Å². The van der Waals surface area contributed by atoms with Gasteiger partial charge in [0.1, 0.15) is 11.6 Å². The van der Waals surface area contributed by atoms with Gasteiger partial charge in [0.15, 0.2) is 0 Å². The molecule has 1 aromatic rings. The van der Waals surface area contributed by atoms with Crippen LogP contribution in [0.5, 0.6) is 5.88 Å². The van der Waals surface area contributed by atoms with Crippen LogP contribution in [0.2, 0.25) is 0 Å². The van der Waals surface area contributed by atoms with Crippen molar-refractivity contribution < 1.29 is 17.9 Å². The van der Waals surface area contributed by atoms with Gasteiger partial charge in [0, 0.05) is 18.4 Å². The van der Waals surface area contributed by atoms with Crippen molar-refractivity contribution in [1.29, 1.82) is 0 Å². The van der Waals surface area contributed by atoms with Crippen LogP contribution in [0, 0.1) is 6.92 Å². The summed E-state index contributed by atoms with van der Waals surface area (Å²) in [7, 11) is 0. The predicted octanol–water partition coefficient (Wildman–Crippen LogP) is 2.85. The molecule has 1 heterocycles. The summed E-state index contributed by atoms with van der Waals surface area (Å²) >= 11 is -0.0657. The zero-order valence-corrected chi connectivity index (χ0v) is 10.9. The maximum atomic E-state index is 11.9. The lowest BCUT2D eigenvalue weighted by Crippen LogP contribution is -2.11. The maximum absolute atomic E-state index is 11.9. The van der Waals surface area contributed by atoms with E-state index >= 15 is 0 Å². The van der Waals surface area contributed by atoms with Crippen LogP contribution in [0.25, 0.3) is 0 Å². The van der Waals surface area contributed by atoms with E-state index in [2.05, 4.69) is 15.3 Å². The smallest absolute Gasteiger partial charge is 0.441 e. The summed E-state index contributed by atoms with van der Waals surface area (Å²) in [5, 5.41) is 2.80. The van der Waals surface area contributed by atoms with E-state index in [0.29, 0.717) is 24.1 Å². The quantitative estimate of drug-likeness (QED) is 0.812. The van der Waals surface area contributed by atoms with Crippen molar-refractivity contribution in [2.24, 2.45) is 0 Å². The minimum absolute atomic E-state index is 0.0657. The first-order valence-corrected chi connectivity index (χ1v) is 6.32. The highest BCUT2D eigenvalue weighted by Crippen LogP contribution is 2.29. The number of rotatable bonds is 6. The number of nitrogens with one attached hydrogen (secondary N) is 1. The van der Waals surface area contributed by atoms with Crippen molar-refractivity contribution in [2.45, 2.75) is 19.4 Å². The Morgan fingerprint density at radius 3 is 2.72 bits per heavy atom. The van der Waals surface area contributed by atoms with Crippen LogP contribution in [0.15, 0.2) is 6.07 Å². The summed E-state index contributed by atoms with van der Waals surface area (Å²) in [6, 6.07) is 1.56. The number of aromatic nitrogens is 2. The fraction of sp³-hybridized carbons (Fsp3) is 0.600. The van der Waals surface area contributed by atoms with Gasteiger partial charge in [-0.3, -0.25) is 0 Å². The molecule has 0 bridgehead atoms. The minimum Gasteiger partial charge on any atom is -0.478 e. The van der Waals surface area contributed by atoms with Gasteiger partial charge >= 0.3 is 5.51 Å². The standard InChI is InChI=1S/C10H14F3N3OS/c1-3-17-9-6-8(15-7(2)16-9)14-4-5-18-10(11,12)13/h6H,3-5H2,1-2H3,(H,14,15,16). The molecule has 102 valence electrons. The Balaban J connectivity index is 2.46. The molecule has 4 nitrogen and oxygen atoms in total. The van der Waals surface area contributed by atoms with Crippen molar-refractivity contribution in [3.8, 4) is 5.88 Å². The zero-order valence-electron chi connectivity index (χ0n) is 10.0. The molecule has 0 amide bonds. The molecule has 8 heteroatoms. The van der Waals surface area contributed by atoms with E-state index in [1.807, 2.05) is 6.92 Å². The lowest BCUT2D eigenvalue weighted by atomic mass is 10.5. The van der Waals surface area contributed by atoms with Crippen LogP contribution < -0.4 is 10.1 Å². The van der Waals surface area contributed by atoms with Crippen molar-refractivity contribution in [2.75, 3.05) is 24.2 Å². The second-order valence-corrected chi connectivity index (χ2v) is 4.45. The van der Waals surface area contributed by atoms with Gasteiger partial charge in [0.05, 0.1) is 6.61 Å². The highest BCUT2D eigenvalue weighted by Gasteiger charge is 2.27. The average Bonchev–Trinajstić information content (AvgIpc) is 2.23. The Morgan fingerprint density at radius 1 is 1.39 bits per heavy atom. The van der Waals surface area contributed by atoms with E-state index in [1.54, 1.807) is 13.0 Å². The molecular weight excluding hydrogens is 267 g/mol. The summed E-state index contributed by atoms with van der Waals surface area (Å²) in [5.41, 5.74) is -4.19. The number of halogens is 3. The van der Waals surface area contributed by atoms with E-state index in [0.717, 1.165) is 0 Å². The lowest BCUT2D eigenvalue weighted by molar-refractivity contribution is -0.0327. The maximum Gasteiger partial charge on any atom is 0.441 e. The molecule has 1 rings (SSSR count). The molecule has 0 aromatic carbocycles. The molecule has 0 aliphatic carbocycles. The van der Waals surface area contributed by atoms with E-state index in [-0.39, 0.29) is 24.1 Å². The largest absolute Gasteiger partial charge is 0.478 e. The zero-order chi connectivity index (χ0) is 13.6. The Labute approximate surface area is 107 Å². The van der Waals surface area contributed by atoms with Crippen molar-refractivity contribution in [3.05, 3.63) is 11.9 Å². The molecule has 18 heavy (non-hydrogen) atoms. The van der Waals surface area contributed by atoms with Gasteiger partial charge in [0.2, 0.25) is 5.88 Å². The Hall–Kier alpha value is -1.18. The fourth-order valence-corrected chi connectivity index (χ4v) is 1.63. The molecular formula is C10H14F3N3OS. The van der Waals surface area contributed by atoms with E-state index in [9.17, 15) is 13.2 Å². The number of thioether (sulfide) groups is 1. The molecule has 0 aliphatic rings. The molecule has 0 atom stereocenters. The van der Waals surface area contributed by atoms with Gasteiger partial charge < -0.3 is 10.1 Å². The van der Waals surface area contributed by atoms with Gasteiger partial charge in [0.25, 0.3) is 0 Å². The third-order valence-corrected chi connectivity index (χ3v) is 2.52. The third kappa shape index (κ3) is 5.95. The summed E-state index contributed by atoms with van der Waals surface area (Å²) < 4.78 is 40.9. The monoisotopic (exact) mass is 281 g/mol. The van der Waals surface area contributed by atoms with Crippen LogP contribution in [-0.4, -0.2) is 34.4 Å². The van der Waals surface area contributed by atoms with Crippen LogP contribution in [0.3, 0.4) is 0 Å². The number of aryl methyl sites for hydroxylation is 1. The minimum atomic E-state index is -4.19. The first-order valence-electron chi connectivity index (χ1n) is 5.33. The number of ether oxygens (including phenoxy) is 1. The summed E-state index contributed by atoms with van der Waals surface area (Å²) in [5.74, 6) is 1.31. The Morgan fingerprint density at radius 2 is 2.11 bits per heavy atom. The van der Waals surface area contributed by atoms with Crippen molar-refractivity contribution >= 4 is 17.6 Å². The molecule has 0 fully saturated rings. The first kappa shape index (κ1) is 14.9. The molecule has 0 unspecified atom stereocenters. The number of alkyl halides is 3. The van der Waals surface area contributed by atoms with Gasteiger partial charge in [-0.2, -0.15) is 18.2 Å². The number of hydrogen-bond donors (Lipinski definition) is 1. The summed E-state index contributed by atoms with van der Waals surface area (Å²) in [6.07, 6.45) is 0. The van der Waals surface area contributed by atoms with Crippen LogP contribution in [0.1, 0.15) is 12.7 Å². The normalized spacial score (nSPS) is 11.4. The van der Waals surface area contributed by atoms with Crippen LogP contribution in [0.4, 0.5) is 19.0 Å². The molecule has 1 aromatic heterocycles. The summed E-state index contributed by atoms with van der Waals surface area (Å²) in [6.45, 7) is 4.16. The summed E-state index contributed by atoms with van der Waals surface area (Å²) in [4.78, 5) is 8.09. The Kier molecular flexibility index (Phi) is 5.52. The van der Waals surface area contributed by atoms with E-state index < -0.39 is 5.51 Å². The first-order chi connectivity index (χ1) is 8.40. The second kappa shape index (κ2) is 6.67. The second-order valence-electron chi connectivity index (χ2n) is 3.29. The third-order valence-electron chi connectivity index (χ3n) is 1.78. The lowest BCUT2D eigenvalue weighted by Gasteiger charge is -2.09. The topological polar surface area (TPSA) is 47.0 Å². The van der Waals surface area contributed by atoms with E-state index in [4.69, 9.17) is 4.74 Å². The highest BCUT2D eigenvalue weighted by atomic mass is 32.2. The van der Waals surface area contributed by atoms with E-state index in [1.165, 1.54) is 0 Å².